The minimum absolute atomic E-state index is 0.156. The maximum atomic E-state index is 12.9. The van der Waals surface area contributed by atoms with E-state index in [2.05, 4.69) is 16.0 Å². The van der Waals surface area contributed by atoms with Crippen LogP contribution in [-0.4, -0.2) is 76.0 Å². The third-order valence-corrected chi connectivity index (χ3v) is 5.96. The molecule has 0 saturated carbocycles. The number of nitrogens with two attached hydrogens (primary N) is 1. The normalized spacial score (nSPS) is 15.6. The lowest BCUT2D eigenvalue weighted by Crippen LogP contribution is -2.58. The summed E-state index contributed by atoms with van der Waals surface area (Å²) in [6.07, 6.45) is 2.09. The molecule has 0 aliphatic carbocycles. The number of carbonyl (C=O) groups excluding carboxylic acids is 3. The van der Waals surface area contributed by atoms with Gasteiger partial charge in [0.2, 0.25) is 17.7 Å². The van der Waals surface area contributed by atoms with Crippen molar-refractivity contribution in [1.82, 2.24) is 16.0 Å². The summed E-state index contributed by atoms with van der Waals surface area (Å²) in [6.45, 7) is 6.99. The average Bonchev–Trinajstić information content (AvgIpc) is 2.75. The van der Waals surface area contributed by atoms with E-state index < -0.39 is 59.7 Å². The molecule has 12 heteroatoms. The minimum atomic E-state index is -1.22. The molecule has 0 aliphatic heterocycles. The van der Waals surface area contributed by atoms with E-state index >= 15 is 0 Å². The van der Waals surface area contributed by atoms with Crippen molar-refractivity contribution in [3.63, 3.8) is 0 Å². The SMILES string of the molecule is CCC(C)C(N)C(=O)NC(CCC(=O)O)C(=O)NC(C(=O)NC(CCSC)C(=O)O)C(C)C. The number of carboxylic acid groups (broad SMARTS) is 2. The highest BCUT2D eigenvalue weighted by Crippen LogP contribution is 2.09. The predicted octanol–water partition coefficient (Wildman–Crippen LogP) is 0.173. The van der Waals surface area contributed by atoms with E-state index in [4.69, 9.17) is 10.8 Å². The van der Waals surface area contributed by atoms with E-state index in [1.165, 1.54) is 11.8 Å². The predicted molar refractivity (Wildman–Crippen MR) is 126 cm³/mol. The van der Waals surface area contributed by atoms with Gasteiger partial charge in [-0.1, -0.05) is 34.1 Å². The second kappa shape index (κ2) is 15.5. The summed E-state index contributed by atoms with van der Waals surface area (Å²) in [5, 5.41) is 25.8. The molecule has 33 heavy (non-hydrogen) atoms. The van der Waals surface area contributed by atoms with E-state index in [9.17, 15) is 29.1 Å². The van der Waals surface area contributed by atoms with Crippen LogP contribution in [0.3, 0.4) is 0 Å². The first-order valence-electron chi connectivity index (χ1n) is 11.0. The van der Waals surface area contributed by atoms with Crippen molar-refractivity contribution in [1.29, 1.82) is 0 Å². The Hall–Kier alpha value is -2.34. The number of carboxylic acids is 2. The van der Waals surface area contributed by atoms with Crippen LogP contribution in [0.4, 0.5) is 0 Å². The summed E-state index contributed by atoms with van der Waals surface area (Å²) in [6, 6.07) is -4.29. The van der Waals surface area contributed by atoms with Crippen molar-refractivity contribution in [2.24, 2.45) is 17.6 Å². The van der Waals surface area contributed by atoms with Gasteiger partial charge in [-0.2, -0.15) is 11.8 Å². The second-order valence-corrected chi connectivity index (χ2v) is 9.30. The van der Waals surface area contributed by atoms with Gasteiger partial charge >= 0.3 is 11.9 Å². The smallest absolute Gasteiger partial charge is 0.326 e. The fraction of sp³-hybridized carbons (Fsp3) is 0.762. The molecular formula is C21H38N4O7S. The molecule has 5 atom stereocenters. The molecule has 0 rings (SSSR count). The molecule has 7 N–H and O–H groups in total. The Morgan fingerprint density at radius 3 is 1.91 bits per heavy atom. The van der Waals surface area contributed by atoms with Gasteiger partial charge in [0.1, 0.15) is 18.1 Å². The van der Waals surface area contributed by atoms with Crippen LogP contribution in [0.25, 0.3) is 0 Å². The van der Waals surface area contributed by atoms with Crippen molar-refractivity contribution in [3.05, 3.63) is 0 Å². The van der Waals surface area contributed by atoms with Gasteiger partial charge in [0, 0.05) is 6.42 Å². The van der Waals surface area contributed by atoms with Crippen molar-refractivity contribution in [3.8, 4) is 0 Å². The zero-order valence-electron chi connectivity index (χ0n) is 19.9. The first-order chi connectivity index (χ1) is 15.3. The number of hydrogen-bond donors (Lipinski definition) is 6. The summed E-state index contributed by atoms with van der Waals surface area (Å²) in [5.41, 5.74) is 5.91. The fourth-order valence-corrected chi connectivity index (χ4v) is 3.33. The minimum Gasteiger partial charge on any atom is -0.481 e. The molecule has 0 heterocycles. The Bertz CT molecular complexity index is 690. The molecular weight excluding hydrogens is 452 g/mol. The molecule has 0 radical (unpaired) electrons. The van der Waals surface area contributed by atoms with Gasteiger partial charge in [0.05, 0.1) is 6.04 Å². The van der Waals surface area contributed by atoms with Crippen LogP contribution in [0.1, 0.15) is 53.4 Å². The first kappa shape index (κ1) is 30.7. The molecule has 0 aromatic heterocycles. The third kappa shape index (κ3) is 11.4. The van der Waals surface area contributed by atoms with Crippen LogP contribution in [0.2, 0.25) is 0 Å². The van der Waals surface area contributed by atoms with E-state index in [-0.39, 0.29) is 25.2 Å². The number of aliphatic carboxylic acids is 2. The summed E-state index contributed by atoms with van der Waals surface area (Å²) in [4.78, 5) is 60.6. The van der Waals surface area contributed by atoms with Gasteiger partial charge in [0.25, 0.3) is 0 Å². The van der Waals surface area contributed by atoms with E-state index in [0.29, 0.717) is 12.2 Å². The lowest BCUT2D eigenvalue weighted by Gasteiger charge is -2.27. The number of amides is 3. The molecule has 0 bridgehead atoms. The van der Waals surface area contributed by atoms with E-state index in [0.717, 1.165) is 0 Å². The molecule has 0 aliphatic rings. The first-order valence-corrected chi connectivity index (χ1v) is 12.3. The molecule has 0 saturated heterocycles. The maximum absolute atomic E-state index is 12.9. The fourth-order valence-electron chi connectivity index (χ4n) is 2.86. The van der Waals surface area contributed by atoms with Gasteiger partial charge in [-0.15, -0.1) is 0 Å². The standard InChI is InChI=1S/C21H38N4O7S/c1-6-12(4)16(22)19(29)23-13(7-8-15(26)27)18(28)25-17(11(2)3)20(30)24-14(21(31)32)9-10-33-5/h11-14,16-17H,6-10,22H2,1-5H3,(H,23,29)(H,24,30)(H,25,28)(H,26,27)(H,31,32). The molecule has 0 aromatic rings. The van der Waals surface area contributed by atoms with Gasteiger partial charge < -0.3 is 31.9 Å². The highest BCUT2D eigenvalue weighted by molar-refractivity contribution is 7.98. The number of rotatable bonds is 16. The van der Waals surface area contributed by atoms with Gasteiger partial charge in [-0.05, 0) is 36.7 Å². The maximum Gasteiger partial charge on any atom is 0.326 e. The van der Waals surface area contributed by atoms with Crippen LogP contribution >= 0.6 is 11.8 Å². The number of carbonyl (C=O) groups is 5. The summed E-state index contributed by atoms with van der Waals surface area (Å²) >= 11 is 1.44. The third-order valence-electron chi connectivity index (χ3n) is 5.31. The van der Waals surface area contributed by atoms with Crippen molar-refractivity contribution < 1.29 is 34.2 Å². The second-order valence-electron chi connectivity index (χ2n) is 8.32. The molecule has 0 aromatic carbocycles. The molecule has 3 amide bonds. The van der Waals surface area contributed by atoms with Gasteiger partial charge in [-0.3, -0.25) is 19.2 Å². The Balaban J connectivity index is 5.48. The van der Waals surface area contributed by atoms with E-state index in [1.54, 1.807) is 20.8 Å². The Morgan fingerprint density at radius 2 is 1.45 bits per heavy atom. The average molecular weight is 491 g/mol. The quantitative estimate of drug-likeness (QED) is 0.175. The molecule has 5 unspecified atom stereocenters. The molecule has 0 spiro atoms. The van der Waals surface area contributed by atoms with Crippen LogP contribution < -0.4 is 21.7 Å². The number of hydrogen-bond acceptors (Lipinski definition) is 7. The topological polar surface area (TPSA) is 188 Å². The lowest BCUT2D eigenvalue weighted by atomic mass is 9.98. The zero-order chi connectivity index (χ0) is 25.7. The largest absolute Gasteiger partial charge is 0.481 e. The number of nitrogens with one attached hydrogen (secondary N) is 3. The highest BCUT2D eigenvalue weighted by Gasteiger charge is 2.32. The Labute approximate surface area is 199 Å². The molecule has 190 valence electrons. The summed E-state index contributed by atoms with van der Waals surface area (Å²) < 4.78 is 0. The highest BCUT2D eigenvalue weighted by atomic mass is 32.2. The zero-order valence-corrected chi connectivity index (χ0v) is 20.7. The summed E-state index contributed by atoms with van der Waals surface area (Å²) in [7, 11) is 0. The van der Waals surface area contributed by atoms with Crippen LogP contribution in [0.5, 0.6) is 0 Å². The van der Waals surface area contributed by atoms with Crippen molar-refractivity contribution in [2.75, 3.05) is 12.0 Å². The van der Waals surface area contributed by atoms with Gasteiger partial charge in [0.15, 0.2) is 0 Å². The van der Waals surface area contributed by atoms with Gasteiger partial charge in [-0.25, -0.2) is 4.79 Å². The Kier molecular flexibility index (Phi) is 14.4. The molecule has 11 nitrogen and oxygen atoms in total. The van der Waals surface area contributed by atoms with Crippen molar-refractivity contribution in [2.45, 2.75) is 77.5 Å². The van der Waals surface area contributed by atoms with Crippen LogP contribution in [0.15, 0.2) is 0 Å². The monoisotopic (exact) mass is 490 g/mol. The number of thioether (sulfide) groups is 1. The van der Waals surface area contributed by atoms with Crippen molar-refractivity contribution >= 4 is 41.4 Å². The Morgan fingerprint density at radius 1 is 0.879 bits per heavy atom. The lowest BCUT2D eigenvalue weighted by molar-refractivity contribution is -0.142. The summed E-state index contributed by atoms with van der Waals surface area (Å²) in [5.74, 6) is -4.38. The van der Waals surface area contributed by atoms with Crippen LogP contribution in [0, 0.1) is 11.8 Å². The molecule has 0 fully saturated rings. The van der Waals surface area contributed by atoms with Crippen LogP contribution in [-0.2, 0) is 24.0 Å². The van der Waals surface area contributed by atoms with E-state index in [1.807, 2.05) is 13.2 Å².